The highest BCUT2D eigenvalue weighted by Crippen LogP contribution is 2.23. The van der Waals surface area contributed by atoms with Crippen LogP contribution in [-0.4, -0.2) is 34.9 Å². The second-order valence-electron chi connectivity index (χ2n) is 4.00. The van der Waals surface area contributed by atoms with Gasteiger partial charge in [-0.2, -0.15) is 0 Å². The van der Waals surface area contributed by atoms with Crippen molar-refractivity contribution in [3.63, 3.8) is 0 Å². The smallest absolute Gasteiger partial charge is 0.336 e. The molecule has 0 aliphatic heterocycles. The summed E-state index contributed by atoms with van der Waals surface area (Å²) >= 11 is 1.43. The number of methoxy groups -OCH3 is 1. The van der Waals surface area contributed by atoms with E-state index in [0.717, 1.165) is 5.03 Å². The Labute approximate surface area is 120 Å². The molecule has 0 bridgehead atoms. The standard InChI is InChI=1S/C14H13NO4S/c1-19-13(16)7-8-20-12-6-5-9-10(14(17)18)3-2-4-11(9)15-12/h2-6H,7-8H2,1H3,(H,17,18). The SMILES string of the molecule is COC(=O)CCSc1ccc2c(C(=O)O)cccc2n1. The lowest BCUT2D eigenvalue weighted by Gasteiger charge is -2.04. The Morgan fingerprint density at radius 2 is 2.10 bits per heavy atom. The monoisotopic (exact) mass is 291 g/mol. The van der Waals surface area contributed by atoms with Gasteiger partial charge >= 0.3 is 11.9 Å². The van der Waals surface area contributed by atoms with Crippen molar-refractivity contribution >= 4 is 34.6 Å². The molecule has 0 saturated carbocycles. The summed E-state index contributed by atoms with van der Waals surface area (Å²) in [6.07, 6.45) is 0.316. The molecule has 0 spiro atoms. The van der Waals surface area contributed by atoms with Crippen LogP contribution in [0.15, 0.2) is 35.4 Å². The molecule has 2 rings (SSSR count). The van der Waals surface area contributed by atoms with Crippen molar-refractivity contribution in [2.45, 2.75) is 11.4 Å². The average molecular weight is 291 g/mol. The number of carbonyl (C=O) groups is 2. The molecule has 0 fully saturated rings. The predicted molar refractivity (Wildman–Crippen MR) is 76.1 cm³/mol. The van der Waals surface area contributed by atoms with Crippen LogP contribution in [0.4, 0.5) is 0 Å². The summed E-state index contributed by atoms with van der Waals surface area (Å²) in [4.78, 5) is 26.5. The van der Waals surface area contributed by atoms with Gasteiger partial charge < -0.3 is 9.84 Å². The van der Waals surface area contributed by atoms with E-state index >= 15 is 0 Å². The van der Waals surface area contributed by atoms with E-state index in [1.165, 1.54) is 18.9 Å². The molecule has 0 aliphatic carbocycles. The number of aromatic carboxylic acids is 1. The fourth-order valence-corrected chi connectivity index (χ4v) is 2.55. The zero-order valence-electron chi connectivity index (χ0n) is 10.8. The third-order valence-corrected chi connectivity index (χ3v) is 3.65. The minimum Gasteiger partial charge on any atom is -0.478 e. The van der Waals surface area contributed by atoms with Gasteiger partial charge in [0.2, 0.25) is 0 Å². The number of thioether (sulfide) groups is 1. The summed E-state index contributed by atoms with van der Waals surface area (Å²) in [5.41, 5.74) is 0.870. The minimum atomic E-state index is -0.969. The molecule has 0 saturated heterocycles. The summed E-state index contributed by atoms with van der Waals surface area (Å²) in [6.45, 7) is 0. The molecule has 1 aromatic carbocycles. The maximum absolute atomic E-state index is 11.1. The maximum Gasteiger partial charge on any atom is 0.336 e. The van der Waals surface area contributed by atoms with E-state index in [-0.39, 0.29) is 11.5 Å². The van der Waals surface area contributed by atoms with Gasteiger partial charge in [-0.05, 0) is 24.3 Å². The molecule has 1 N–H and O–H groups in total. The highest BCUT2D eigenvalue weighted by molar-refractivity contribution is 7.99. The lowest BCUT2D eigenvalue weighted by molar-refractivity contribution is -0.140. The van der Waals surface area contributed by atoms with Crippen molar-refractivity contribution in [2.75, 3.05) is 12.9 Å². The van der Waals surface area contributed by atoms with E-state index in [2.05, 4.69) is 9.72 Å². The highest BCUT2D eigenvalue weighted by Gasteiger charge is 2.09. The Bertz CT molecular complexity index is 657. The Morgan fingerprint density at radius 1 is 1.30 bits per heavy atom. The van der Waals surface area contributed by atoms with Crippen molar-refractivity contribution in [2.24, 2.45) is 0 Å². The number of esters is 1. The molecule has 2 aromatic rings. The normalized spacial score (nSPS) is 10.4. The molecule has 1 heterocycles. The van der Waals surface area contributed by atoms with Crippen LogP contribution in [0.1, 0.15) is 16.8 Å². The first-order valence-corrected chi connectivity index (χ1v) is 6.93. The Hall–Kier alpha value is -2.08. The predicted octanol–water partition coefficient (Wildman–Crippen LogP) is 2.59. The van der Waals surface area contributed by atoms with Crippen LogP contribution in [0.5, 0.6) is 0 Å². The van der Waals surface area contributed by atoms with Crippen molar-refractivity contribution in [3.05, 3.63) is 35.9 Å². The van der Waals surface area contributed by atoms with Gasteiger partial charge in [0.15, 0.2) is 0 Å². The summed E-state index contributed by atoms with van der Waals surface area (Å²) in [6, 6.07) is 8.49. The fourth-order valence-electron chi connectivity index (χ4n) is 1.74. The van der Waals surface area contributed by atoms with E-state index in [9.17, 15) is 9.59 Å². The molecule has 0 atom stereocenters. The van der Waals surface area contributed by atoms with E-state index in [4.69, 9.17) is 5.11 Å². The van der Waals surface area contributed by atoms with Crippen LogP contribution in [0.25, 0.3) is 10.9 Å². The van der Waals surface area contributed by atoms with Crippen molar-refractivity contribution in [1.29, 1.82) is 0 Å². The average Bonchev–Trinajstić information content (AvgIpc) is 2.46. The van der Waals surface area contributed by atoms with Crippen LogP contribution >= 0.6 is 11.8 Å². The minimum absolute atomic E-state index is 0.237. The molecule has 0 unspecified atom stereocenters. The number of hydrogen-bond acceptors (Lipinski definition) is 5. The van der Waals surface area contributed by atoms with Crippen molar-refractivity contribution < 1.29 is 19.4 Å². The van der Waals surface area contributed by atoms with Gasteiger partial charge in [0, 0.05) is 11.1 Å². The second-order valence-corrected chi connectivity index (χ2v) is 5.12. The maximum atomic E-state index is 11.1. The lowest BCUT2D eigenvalue weighted by atomic mass is 10.1. The number of carbonyl (C=O) groups excluding carboxylic acids is 1. The Balaban J connectivity index is 2.18. The van der Waals surface area contributed by atoms with Gasteiger partial charge in [-0.3, -0.25) is 4.79 Å². The first-order chi connectivity index (χ1) is 9.61. The lowest BCUT2D eigenvalue weighted by Crippen LogP contribution is -2.01. The van der Waals surface area contributed by atoms with E-state index in [1.807, 2.05) is 0 Å². The summed E-state index contributed by atoms with van der Waals surface area (Å²) < 4.78 is 4.56. The van der Waals surface area contributed by atoms with Gasteiger partial charge in [0.25, 0.3) is 0 Å². The molecular weight excluding hydrogens is 278 g/mol. The van der Waals surface area contributed by atoms with Gasteiger partial charge in [-0.1, -0.05) is 6.07 Å². The molecule has 6 heteroatoms. The van der Waals surface area contributed by atoms with Crippen LogP contribution in [0.2, 0.25) is 0 Å². The molecule has 0 radical (unpaired) electrons. The number of ether oxygens (including phenoxy) is 1. The number of nitrogens with zero attached hydrogens (tertiary/aromatic N) is 1. The largest absolute Gasteiger partial charge is 0.478 e. The van der Waals surface area contributed by atoms with Crippen LogP contribution in [-0.2, 0) is 9.53 Å². The summed E-state index contributed by atoms with van der Waals surface area (Å²) in [5.74, 6) is -0.654. The van der Waals surface area contributed by atoms with Crippen LogP contribution in [0, 0.1) is 0 Å². The number of hydrogen-bond donors (Lipinski definition) is 1. The molecular formula is C14H13NO4S. The van der Waals surface area contributed by atoms with Gasteiger partial charge in [0.1, 0.15) is 0 Å². The van der Waals surface area contributed by atoms with Crippen molar-refractivity contribution in [1.82, 2.24) is 4.98 Å². The fraction of sp³-hybridized carbons (Fsp3) is 0.214. The zero-order valence-corrected chi connectivity index (χ0v) is 11.6. The number of fused-ring (bicyclic) bond motifs is 1. The van der Waals surface area contributed by atoms with E-state index in [0.29, 0.717) is 23.1 Å². The van der Waals surface area contributed by atoms with Gasteiger partial charge in [0.05, 0.1) is 29.6 Å². The van der Waals surface area contributed by atoms with E-state index < -0.39 is 5.97 Å². The Kier molecular flexibility index (Phi) is 4.57. The Morgan fingerprint density at radius 3 is 2.80 bits per heavy atom. The molecule has 0 amide bonds. The molecule has 20 heavy (non-hydrogen) atoms. The van der Waals surface area contributed by atoms with Gasteiger partial charge in [-0.25, -0.2) is 9.78 Å². The molecule has 0 aliphatic rings. The number of aromatic nitrogens is 1. The van der Waals surface area contributed by atoms with Crippen LogP contribution in [0.3, 0.4) is 0 Å². The van der Waals surface area contributed by atoms with Crippen LogP contribution < -0.4 is 0 Å². The molecule has 1 aromatic heterocycles. The first-order valence-electron chi connectivity index (χ1n) is 5.94. The second kappa shape index (κ2) is 6.38. The number of pyridine rings is 1. The third kappa shape index (κ3) is 3.27. The highest BCUT2D eigenvalue weighted by atomic mass is 32.2. The summed E-state index contributed by atoms with van der Waals surface area (Å²) in [7, 11) is 1.36. The van der Waals surface area contributed by atoms with E-state index in [1.54, 1.807) is 30.3 Å². The molecule has 5 nitrogen and oxygen atoms in total. The third-order valence-electron chi connectivity index (χ3n) is 2.72. The molecule has 104 valence electrons. The van der Waals surface area contributed by atoms with Gasteiger partial charge in [-0.15, -0.1) is 11.8 Å². The number of carboxylic acid groups (broad SMARTS) is 1. The topological polar surface area (TPSA) is 76.5 Å². The zero-order chi connectivity index (χ0) is 14.5. The number of carboxylic acids is 1. The van der Waals surface area contributed by atoms with Crippen molar-refractivity contribution in [3.8, 4) is 0 Å². The number of rotatable bonds is 5. The summed E-state index contributed by atoms with van der Waals surface area (Å²) in [5, 5.41) is 10.5. The number of benzene rings is 1. The first kappa shape index (κ1) is 14.3. The quantitative estimate of drug-likeness (QED) is 0.674.